The third-order valence-corrected chi connectivity index (χ3v) is 1.64. The normalized spacial score (nSPS) is 12.3. The quantitative estimate of drug-likeness (QED) is 0.647. The summed E-state index contributed by atoms with van der Waals surface area (Å²) in [6, 6.07) is 5.82. The number of nitrogens with zero attached hydrogens (tertiary/aromatic N) is 2. The molecule has 0 bridgehead atoms. The molecule has 0 aliphatic heterocycles. The van der Waals surface area contributed by atoms with Crippen LogP contribution in [-0.4, -0.2) is 10.7 Å². The van der Waals surface area contributed by atoms with E-state index in [4.69, 9.17) is 0 Å². The van der Waals surface area contributed by atoms with Crippen LogP contribution in [0.25, 0.3) is 0 Å². The molecule has 0 saturated carbocycles. The Labute approximate surface area is 79.0 Å². The van der Waals surface area contributed by atoms with Crippen molar-refractivity contribution in [3.05, 3.63) is 42.4 Å². The second-order valence-corrected chi connectivity index (χ2v) is 2.72. The highest BCUT2D eigenvalue weighted by Gasteiger charge is 1.93. The van der Waals surface area contributed by atoms with Crippen LogP contribution in [0.15, 0.2) is 41.7 Å². The Bertz CT molecular complexity index is 299. The predicted molar refractivity (Wildman–Crippen MR) is 55.9 cm³/mol. The van der Waals surface area contributed by atoms with Crippen molar-refractivity contribution in [3.63, 3.8) is 0 Å². The van der Waals surface area contributed by atoms with Gasteiger partial charge in [-0.15, -0.1) is 0 Å². The van der Waals surface area contributed by atoms with Gasteiger partial charge in [0, 0.05) is 12.4 Å². The van der Waals surface area contributed by atoms with E-state index in [-0.39, 0.29) is 0 Å². The van der Waals surface area contributed by atoms with Crippen LogP contribution in [-0.2, 0) is 0 Å². The molecule has 0 saturated heterocycles. The van der Waals surface area contributed by atoms with Crippen molar-refractivity contribution >= 4 is 5.71 Å². The minimum atomic E-state index is 0.934. The van der Waals surface area contributed by atoms with E-state index in [0.717, 1.165) is 17.8 Å². The lowest BCUT2D eigenvalue weighted by Crippen LogP contribution is -1.95. The summed E-state index contributed by atoms with van der Waals surface area (Å²) in [6.45, 7) is 4.05. The molecule has 0 amide bonds. The van der Waals surface area contributed by atoms with Gasteiger partial charge in [0.2, 0.25) is 0 Å². The lowest BCUT2D eigenvalue weighted by Gasteiger charge is -1.95. The molecule has 0 aromatic carbocycles. The van der Waals surface area contributed by atoms with E-state index in [9.17, 15) is 0 Å². The molecule has 1 rings (SSSR count). The Morgan fingerprint density at radius 3 is 3.00 bits per heavy atom. The van der Waals surface area contributed by atoms with Crippen molar-refractivity contribution in [1.82, 2.24) is 4.98 Å². The van der Waals surface area contributed by atoms with Crippen molar-refractivity contribution in [3.8, 4) is 0 Å². The first-order valence-corrected chi connectivity index (χ1v) is 4.45. The van der Waals surface area contributed by atoms with Gasteiger partial charge in [-0.3, -0.25) is 9.98 Å². The Hall–Kier alpha value is -1.44. The second-order valence-electron chi connectivity index (χ2n) is 2.72. The molecule has 2 nitrogen and oxygen atoms in total. The van der Waals surface area contributed by atoms with E-state index in [0.29, 0.717) is 0 Å². The molecule has 13 heavy (non-hydrogen) atoms. The molecule has 0 unspecified atom stereocenters. The molecule has 0 fully saturated rings. The number of hydrogen-bond donors (Lipinski definition) is 0. The summed E-state index contributed by atoms with van der Waals surface area (Å²) in [5.74, 6) is 0. The molecule has 0 aliphatic rings. The average Bonchev–Trinajstić information content (AvgIpc) is 2.19. The van der Waals surface area contributed by atoms with E-state index in [2.05, 4.69) is 16.9 Å². The molecule has 1 heterocycles. The minimum absolute atomic E-state index is 0.934. The first-order valence-electron chi connectivity index (χ1n) is 4.45. The van der Waals surface area contributed by atoms with Gasteiger partial charge in [0.15, 0.2) is 0 Å². The smallest absolute Gasteiger partial charge is 0.0841 e. The van der Waals surface area contributed by atoms with Gasteiger partial charge in [-0.05, 0) is 25.5 Å². The van der Waals surface area contributed by atoms with Gasteiger partial charge in [0.1, 0.15) is 0 Å². The summed E-state index contributed by atoms with van der Waals surface area (Å²) in [5.41, 5.74) is 1.88. The third-order valence-electron chi connectivity index (χ3n) is 1.64. The van der Waals surface area contributed by atoms with Crippen LogP contribution in [0.2, 0.25) is 0 Å². The van der Waals surface area contributed by atoms with E-state index in [1.807, 2.05) is 37.4 Å². The number of aliphatic imine (C=N–C) groups is 1. The maximum absolute atomic E-state index is 4.26. The van der Waals surface area contributed by atoms with Crippen LogP contribution in [0.4, 0.5) is 0 Å². The van der Waals surface area contributed by atoms with Gasteiger partial charge >= 0.3 is 0 Å². The zero-order chi connectivity index (χ0) is 9.52. The van der Waals surface area contributed by atoms with E-state index in [1.54, 1.807) is 6.20 Å². The lowest BCUT2D eigenvalue weighted by molar-refractivity contribution is 1.21. The van der Waals surface area contributed by atoms with Crippen molar-refractivity contribution in [2.45, 2.75) is 20.3 Å². The molecule has 0 atom stereocenters. The Balaban J connectivity index is 2.73. The minimum Gasteiger partial charge on any atom is -0.260 e. The molecule has 0 radical (unpaired) electrons. The van der Waals surface area contributed by atoms with E-state index in [1.165, 1.54) is 0 Å². The van der Waals surface area contributed by atoms with Gasteiger partial charge in [-0.25, -0.2) is 0 Å². The van der Waals surface area contributed by atoms with Crippen LogP contribution < -0.4 is 0 Å². The third kappa shape index (κ3) is 3.20. The maximum Gasteiger partial charge on any atom is 0.0841 e. The Morgan fingerprint density at radius 2 is 2.38 bits per heavy atom. The summed E-state index contributed by atoms with van der Waals surface area (Å²) in [4.78, 5) is 8.45. The zero-order valence-electron chi connectivity index (χ0n) is 8.07. The summed E-state index contributed by atoms with van der Waals surface area (Å²) in [5, 5.41) is 0. The molecule has 68 valence electrons. The van der Waals surface area contributed by atoms with Crippen LogP contribution in [0.5, 0.6) is 0 Å². The second kappa shape index (κ2) is 5.25. The first kappa shape index (κ1) is 9.65. The first-order chi connectivity index (χ1) is 6.34. The van der Waals surface area contributed by atoms with Crippen LogP contribution in [0.3, 0.4) is 0 Å². The highest BCUT2D eigenvalue weighted by Crippen LogP contribution is 1.96. The fourth-order valence-electron chi connectivity index (χ4n) is 0.913. The zero-order valence-corrected chi connectivity index (χ0v) is 8.07. The maximum atomic E-state index is 4.26. The molecule has 2 heteroatoms. The molecule has 1 aromatic heterocycles. The number of aromatic nitrogens is 1. The summed E-state index contributed by atoms with van der Waals surface area (Å²) >= 11 is 0. The number of allylic oxidation sites excluding steroid dienone is 1. The topological polar surface area (TPSA) is 25.2 Å². The van der Waals surface area contributed by atoms with E-state index < -0.39 is 0 Å². The molecular weight excluding hydrogens is 160 g/mol. The standard InChI is InChI=1S/C11H14N2/c1-3-4-8-12-10(2)11-7-5-6-9-13-11/h4-9H,3H2,1-2H3/b8-4-,12-10+. The molecule has 0 spiro atoms. The monoisotopic (exact) mass is 174 g/mol. The van der Waals surface area contributed by atoms with Gasteiger partial charge in [0.25, 0.3) is 0 Å². The van der Waals surface area contributed by atoms with Gasteiger partial charge in [-0.1, -0.05) is 19.1 Å². The molecular formula is C11H14N2. The van der Waals surface area contributed by atoms with Crippen LogP contribution >= 0.6 is 0 Å². The molecule has 0 N–H and O–H groups in total. The SMILES string of the molecule is CC/C=C\N=C(/C)c1ccccn1. The lowest BCUT2D eigenvalue weighted by atomic mass is 10.2. The van der Waals surface area contributed by atoms with Crippen molar-refractivity contribution in [2.24, 2.45) is 4.99 Å². The van der Waals surface area contributed by atoms with Crippen molar-refractivity contribution in [1.29, 1.82) is 0 Å². The predicted octanol–water partition coefficient (Wildman–Crippen LogP) is 2.81. The summed E-state index contributed by atoms with van der Waals surface area (Å²) in [6.07, 6.45) is 6.63. The molecule has 0 aliphatic carbocycles. The summed E-state index contributed by atoms with van der Waals surface area (Å²) < 4.78 is 0. The van der Waals surface area contributed by atoms with Crippen molar-refractivity contribution < 1.29 is 0 Å². The van der Waals surface area contributed by atoms with Crippen molar-refractivity contribution in [2.75, 3.05) is 0 Å². The van der Waals surface area contributed by atoms with Gasteiger partial charge in [-0.2, -0.15) is 0 Å². The number of rotatable bonds is 3. The van der Waals surface area contributed by atoms with Gasteiger partial charge < -0.3 is 0 Å². The highest BCUT2D eigenvalue weighted by atomic mass is 14.8. The number of hydrogen-bond acceptors (Lipinski definition) is 2. The van der Waals surface area contributed by atoms with Crippen LogP contribution in [0.1, 0.15) is 26.0 Å². The largest absolute Gasteiger partial charge is 0.260 e. The average molecular weight is 174 g/mol. The highest BCUT2D eigenvalue weighted by molar-refractivity contribution is 5.97. The summed E-state index contributed by atoms with van der Waals surface area (Å²) in [7, 11) is 0. The fourth-order valence-corrected chi connectivity index (χ4v) is 0.913. The fraction of sp³-hybridized carbons (Fsp3) is 0.273. The van der Waals surface area contributed by atoms with Crippen LogP contribution in [0, 0.1) is 0 Å². The molecule has 1 aromatic rings. The Kier molecular flexibility index (Phi) is 3.89. The van der Waals surface area contributed by atoms with Gasteiger partial charge in [0.05, 0.1) is 11.4 Å². The Morgan fingerprint density at radius 1 is 1.54 bits per heavy atom. The number of pyridine rings is 1. The van der Waals surface area contributed by atoms with E-state index >= 15 is 0 Å².